The van der Waals surface area contributed by atoms with Crippen molar-refractivity contribution >= 4 is 23.1 Å². The molecule has 0 bridgehead atoms. The van der Waals surface area contributed by atoms with Gasteiger partial charge in [-0.15, -0.1) is 0 Å². The van der Waals surface area contributed by atoms with Gasteiger partial charge < -0.3 is 16.0 Å². The van der Waals surface area contributed by atoms with Gasteiger partial charge in [0.25, 0.3) is 0 Å². The maximum atomic E-state index is 11.4. The van der Waals surface area contributed by atoms with Gasteiger partial charge >= 0.3 is 0 Å². The molecule has 0 spiro atoms. The Morgan fingerprint density at radius 1 is 1.50 bits per heavy atom. The van der Waals surface area contributed by atoms with Crippen molar-refractivity contribution in [3.05, 3.63) is 0 Å². The first-order chi connectivity index (χ1) is 7.41. The van der Waals surface area contributed by atoms with Crippen LogP contribution in [0.1, 0.15) is 26.2 Å². The Morgan fingerprint density at radius 2 is 2.06 bits per heavy atom. The summed E-state index contributed by atoms with van der Waals surface area (Å²) in [5.41, 5.74) is 5.54. The normalized spacial score (nSPS) is 20.4. The fraction of sp³-hybridized carbons (Fsp3) is 0.818. The minimum absolute atomic E-state index is 0.0624. The quantitative estimate of drug-likeness (QED) is 0.706. The van der Waals surface area contributed by atoms with Crippen molar-refractivity contribution in [1.29, 1.82) is 0 Å². The topological polar surface area (TPSA) is 58.4 Å². The third kappa shape index (κ3) is 4.45. The van der Waals surface area contributed by atoms with E-state index in [2.05, 4.69) is 24.2 Å². The van der Waals surface area contributed by atoms with Gasteiger partial charge in [0, 0.05) is 6.54 Å². The van der Waals surface area contributed by atoms with E-state index in [-0.39, 0.29) is 22.7 Å². The van der Waals surface area contributed by atoms with Crippen LogP contribution in [-0.2, 0) is 4.79 Å². The van der Waals surface area contributed by atoms with Crippen LogP contribution in [0.15, 0.2) is 0 Å². The van der Waals surface area contributed by atoms with Crippen LogP contribution in [0.3, 0.4) is 0 Å². The molecule has 1 heterocycles. The van der Waals surface area contributed by atoms with E-state index in [4.69, 9.17) is 18.0 Å². The number of rotatable bonds is 4. The molecule has 0 saturated carbocycles. The lowest BCUT2D eigenvalue weighted by atomic mass is 9.80. The van der Waals surface area contributed by atoms with E-state index in [0.29, 0.717) is 0 Å². The number of carbonyl (C=O) groups is 1. The van der Waals surface area contributed by atoms with Crippen LogP contribution in [0.4, 0.5) is 0 Å². The summed E-state index contributed by atoms with van der Waals surface area (Å²) in [7, 11) is 2.13. The predicted octanol–water partition coefficient (Wildman–Crippen LogP) is 0.511. The molecule has 0 aromatic carbocycles. The van der Waals surface area contributed by atoms with Crippen LogP contribution in [0, 0.1) is 5.41 Å². The second-order valence-electron chi connectivity index (χ2n) is 5.03. The predicted molar refractivity (Wildman–Crippen MR) is 69.3 cm³/mol. The van der Waals surface area contributed by atoms with Crippen LogP contribution in [0.5, 0.6) is 0 Å². The summed E-state index contributed by atoms with van der Waals surface area (Å²) < 4.78 is 0. The van der Waals surface area contributed by atoms with Crippen molar-refractivity contribution in [2.24, 2.45) is 11.1 Å². The highest BCUT2D eigenvalue weighted by atomic mass is 32.1. The molecule has 5 heteroatoms. The Labute approximate surface area is 103 Å². The van der Waals surface area contributed by atoms with Gasteiger partial charge in [0.1, 0.15) is 0 Å². The minimum atomic E-state index is -0.0624. The average molecular weight is 243 g/mol. The van der Waals surface area contributed by atoms with E-state index >= 15 is 0 Å². The standard InChI is InChI=1S/C11H21N3OS/c1-11(3-5-14(2)6-4-11)8-13-10(15)7-9(12)16/h3-8H2,1-2H3,(H2,12,16)(H,13,15). The van der Waals surface area contributed by atoms with Gasteiger partial charge in [0.15, 0.2) is 0 Å². The molecule has 1 fully saturated rings. The van der Waals surface area contributed by atoms with Gasteiger partial charge in [-0.25, -0.2) is 0 Å². The van der Waals surface area contributed by atoms with Gasteiger partial charge in [-0.05, 0) is 38.4 Å². The average Bonchev–Trinajstić information content (AvgIpc) is 2.20. The summed E-state index contributed by atoms with van der Waals surface area (Å²) in [4.78, 5) is 14.0. The number of thiocarbonyl (C=S) groups is 1. The lowest BCUT2D eigenvalue weighted by molar-refractivity contribution is -0.120. The number of hydrogen-bond donors (Lipinski definition) is 2. The van der Waals surface area contributed by atoms with Crippen molar-refractivity contribution in [2.75, 3.05) is 26.7 Å². The zero-order valence-electron chi connectivity index (χ0n) is 10.1. The van der Waals surface area contributed by atoms with Crippen molar-refractivity contribution in [2.45, 2.75) is 26.2 Å². The van der Waals surface area contributed by atoms with E-state index in [1.165, 1.54) is 0 Å². The SMILES string of the molecule is CN1CCC(C)(CNC(=O)CC(N)=S)CC1. The molecule has 3 N–H and O–H groups in total. The lowest BCUT2D eigenvalue weighted by Gasteiger charge is -2.37. The molecular weight excluding hydrogens is 222 g/mol. The van der Waals surface area contributed by atoms with Crippen molar-refractivity contribution in [3.8, 4) is 0 Å². The molecule has 0 aromatic heterocycles. The fourth-order valence-electron chi connectivity index (χ4n) is 1.87. The first-order valence-electron chi connectivity index (χ1n) is 5.65. The number of nitrogens with two attached hydrogens (primary N) is 1. The Kier molecular flexibility index (Phi) is 4.68. The van der Waals surface area contributed by atoms with Crippen LogP contribution >= 0.6 is 12.2 Å². The van der Waals surface area contributed by atoms with E-state index in [9.17, 15) is 4.79 Å². The molecule has 4 nitrogen and oxygen atoms in total. The Bertz CT molecular complexity index is 272. The van der Waals surface area contributed by atoms with E-state index < -0.39 is 0 Å². The maximum absolute atomic E-state index is 11.4. The Morgan fingerprint density at radius 3 is 2.56 bits per heavy atom. The van der Waals surface area contributed by atoms with Gasteiger partial charge in [-0.3, -0.25) is 4.79 Å². The number of carbonyl (C=O) groups excluding carboxylic acids is 1. The van der Waals surface area contributed by atoms with Gasteiger partial charge in [-0.1, -0.05) is 19.1 Å². The molecule has 1 rings (SSSR count). The zero-order chi connectivity index (χ0) is 12.2. The molecule has 1 saturated heterocycles. The summed E-state index contributed by atoms with van der Waals surface area (Å²) in [6.07, 6.45) is 2.40. The molecule has 0 aromatic rings. The summed E-state index contributed by atoms with van der Waals surface area (Å²) in [5.74, 6) is -0.0624. The summed E-state index contributed by atoms with van der Waals surface area (Å²) in [5, 5.41) is 2.91. The van der Waals surface area contributed by atoms with Crippen molar-refractivity contribution in [1.82, 2.24) is 10.2 Å². The largest absolute Gasteiger partial charge is 0.393 e. The number of likely N-dealkylation sites (tertiary alicyclic amines) is 1. The van der Waals surface area contributed by atoms with Gasteiger partial charge in [0.2, 0.25) is 5.91 Å². The number of amides is 1. The van der Waals surface area contributed by atoms with E-state index in [1.807, 2.05) is 0 Å². The fourth-order valence-corrected chi connectivity index (χ4v) is 2.00. The van der Waals surface area contributed by atoms with E-state index in [0.717, 1.165) is 32.5 Å². The van der Waals surface area contributed by atoms with E-state index in [1.54, 1.807) is 0 Å². The maximum Gasteiger partial charge on any atom is 0.226 e. The highest BCUT2D eigenvalue weighted by molar-refractivity contribution is 7.80. The molecular formula is C11H21N3OS. The van der Waals surface area contributed by atoms with Gasteiger partial charge in [0.05, 0.1) is 11.4 Å². The molecule has 1 aliphatic rings. The highest BCUT2D eigenvalue weighted by Crippen LogP contribution is 2.29. The Hall–Kier alpha value is -0.680. The van der Waals surface area contributed by atoms with Crippen LogP contribution in [-0.4, -0.2) is 42.5 Å². The second-order valence-corrected chi connectivity index (χ2v) is 5.56. The molecule has 1 aliphatic heterocycles. The lowest BCUT2D eigenvalue weighted by Crippen LogP contribution is -2.43. The monoisotopic (exact) mass is 243 g/mol. The minimum Gasteiger partial charge on any atom is -0.393 e. The third-order valence-electron chi connectivity index (χ3n) is 3.24. The molecule has 0 radical (unpaired) electrons. The zero-order valence-corrected chi connectivity index (χ0v) is 10.9. The van der Waals surface area contributed by atoms with Crippen LogP contribution in [0.25, 0.3) is 0 Å². The number of piperidine rings is 1. The smallest absolute Gasteiger partial charge is 0.226 e. The number of nitrogens with one attached hydrogen (secondary N) is 1. The first kappa shape index (κ1) is 13.4. The number of nitrogens with zero attached hydrogens (tertiary/aromatic N) is 1. The second kappa shape index (κ2) is 5.59. The third-order valence-corrected chi connectivity index (χ3v) is 3.39. The molecule has 16 heavy (non-hydrogen) atoms. The summed E-state index contributed by atoms with van der Waals surface area (Å²) in [6, 6.07) is 0. The molecule has 0 atom stereocenters. The molecule has 1 amide bonds. The summed E-state index contributed by atoms with van der Waals surface area (Å²) >= 11 is 4.70. The van der Waals surface area contributed by atoms with Crippen LogP contribution < -0.4 is 11.1 Å². The Balaban J connectivity index is 2.31. The molecule has 92 valence electrons. The van der Waals surface area contributed by atoms with Crippen molar-refractivity contribution < 1.29 is 4.79 Å². The van der Waals surface area contributed by atoms with Crippen LogP contribution in [0.2, 0.25) is 0 Å². The number of hydrogen-bond acceptors (Lipinski definition) is 3. The van der Waals surface area contributed by atoms with Gasteiger partial charge in [-0.2, -0.15) is 0 Å². The summed E-state index contributed by atoms with van der Waals surface area (Å²) in [6.45, 7) is 5.15. The highest BCUT2D eigenvalue weighted by Gasteiger charge is 2.28. The molecule has 0 unspecified atom stereocenters. The molecule has 0 aliphatic carbocycles. The first-order valence-corrected chi connectivity index (χ1v) is 6.06. The van der Waals surface area contributed by atoms with Crippen molar-refractivity contribution in [3.63, 3.8) is 0 Å².